The summed E-state index contributed by atoms with van der Waals surface area (Å²) in [5, 5.41) is 10.9. The normalized spacial score (nSPS) is 11.7. The Balaban J connectivity index is 2.58. The van der Waals surface area contributed by atoms with Crippen LogP contribution < -0.4 is 10.1 Å². The zero-order chi connectivity index (χ0) is 14.4. The molecule has 0 aliphatic rings. The number of nitrogens with one attached hydrogen (secondary N) is 1. The van der Waals surface area contributed by atoms with Gasteiger partial charge in [-0.1, -0.05) is 12.1 Å². The molecule has 0 radical (unpaired) electrons. The number of hydrogen-bond acceptors (Lipinski definition) is 3. The minimum Gasteiger partial charge on any atom is -0.494 e. The van der Waals surface area contributed by atoms with Crippen LogP contribution >= 0.6 is 0 Å². The van der Waals surface area contributed by atoms with Crippen LogP contribution in [0, 0.1) is 5.82 Å². The molecule has 104 valence electrons. The van der Waals surface area contributed by atoms with Crippen LogP contribution in [-0.2, 0) is 16.0 Å². The van der Waals surface area contributed by atoms with Crippen molar-refractivity contribution in [2.45, 2.75) is 25.8 Å². The van der Waals surface area contributed by atoms with E-state index in [-0.39, 0.29) is 18.6 Å². The number of ether oxygens (including phenoxy) is 1. The SMILES string of the molecule is COc1cccc(CCC(=O)N[C@H](C)C(=O)O)c1F. The molecule has 0 bridgehead atoms. The molecule has 0 aliphatic heterocycles. The molecule has 1 atom stereocenters. The van der Waals surface area contributed by atoms with E-state index in [0.717, 1.165) is 0 Å². The number of rotatable bonds is 6. The number of carboxylic acid groups (broad SMARTS) is 1. The third-order valence-electron chi connectivity index (χ3n) is 2.63. The summed E-state index contributed by atoms with van der Waals surface area (Å²) in [5.41, 5.74) is 0.359. The summed E-state index contributed by atoms with van der Waals surface area (Å²) >= 11 is 0. The number of amides is 1. The molecule has 1 aromatic carbocycles. The molecule has 0 spiro atoms. The Labute approximate surface area is 110 Å². The summed E-state index contributed by atoms with van der Waals surface area (Å²) in [7, 11) is 1.36. The van der Waals surface area contributed by atoms with Crippen LogP contribution in [-0.4, -0.2) is 30.1 Å². The second-order valence-corrected chi connectivity index (χ2v) is 4.06. The van der Waals surface area contributed by atoms with Gasteiger partial charge in [0, 0.05) is 6.42 Å². The minimum atomic E-state index is -1.11. The van der Waals surface area contributed by atoms with Gasteiger partial charge >= 0.3 is 5.97 Å². The third-order valence-corrected chi connectivity index (χ3v) is 2.63. The number of benzene rings is 1. The summed E-state index contributed by atoms with van der Waals surface area (Å²) in [6.07, 6.45) is 0.197. The van der Waals surface area contributed by atoms with Crippen molar-refractivity contribution in [2.24, 2.45) is 0 Å². The van der Waals surface area contributed by atoms with Gasteiger partial charge in [-0.15, -0.1) is 0 Å². The van der Waals surface area contributed by atoms with Crippen LogP contribution in [0.5, 0.6) is 5.75 Å². The smallest absolute Gasteiger partial charge is 0.325 e. The van der Waals surface area contributed by atoms with Crippen molar-refractivity contribution in [3.8, 4) is 5.75 Å². The Bertz CT molecular complexity index is 476. The van der Waals surface area contributed by atoms with Gasteiger partial charge in [-0.05, 0) is 25.0 Å². The Morgan fingerprint density at radius 3 is 2.74 bits per heavy atom. The molecule has 19 heavy (non-hydrogen) atoms. The second kappa shape index (κ2) is 6.72. The molecule has 6 heteroatoms. The van der Waals surface area contributed by atoms with Gasteiger partial charge in [-0.3, -0.25) is 9.59 Å². The van der Waals surface area contributed by atoms with Crippen LogP contribution in [0.15, 0.2) is 18.2 Å². The van der Waals surface area contributed by atoms with E-state index in [1.165, 1.54) is 20.1 Å². The van der Waals surface area contributed by atoms with E-state index < -0.39 is 23.7 Å². The van der Waals surface area contributed by atoms with E-state index in [0.29, 0.717) is 5.56 Å². The molecule has 1 amide bonds. The number of carbonyl (C=O) groups excluding carboxylic acids is 1. The number of hydrogen-bond donors (Lipinski definition) is 2. The average Bonchev–Trinajstić information content (AvgIpc) is 2.37. The summed E-state index contributed by atoms with van der Waals surface area (Å²) < 4.78 is 18.6. The van der Waals surface area contributed by atoms with Crippen molar-refractivity contribution in [1.82, 2.24) is 5.32 Å². The predicted molar refractivity (Wildman–Crippen MR) is 66.5 cm³/mol. The van der Waals surface area contributed by atoms with Gasteiger partial charge in [0.2, 0.25) is 5.91 Å². The first-order valence-electron chi connectivity index (χ1n) is 5.79. The van der Waals surface area contributed by atoms with E-state index in [2.05, 4.69) is 5.32 Å². The van der Waals surface area contributed by atoms with Gasteiger partial charge in [0.25, 0.3) is 0 Å². The van der Waals surface area contributed by atoms with E-state index in [1.54, 1.807) is 12.1 Å². The van der Waals surface area contributed by atoms with Crippen LogP contribution in [0.25, 0.3) is 0 Å². The van der Waals surface area contributed by atoms with E-state index >= 15 is 0 Å². The highest BCUT2D eigenvalue weighted by atomic mass is 19.1. The lowest BCUT2D eigenvalue weighted by molar-refractivity contribution is -0.141. The van der Waals surface area contributed by atoms with Crippen LogP contribution in [0.1, 0.15) is 18.9 Å². The standard InChI is InChI=1S/C13H16FNO4/c1-8(13(17)18)15-11(16)7-6-9-4-3-5-10(19-2)12(9)14/h3-5,8H,6-7H2,1-2H3,(H,15,16)(H,17,18)/t8-/m1/s1. The molecule has 0 saturated heterocycles. The lowest BCUT2D eigenvalue weighted by Crippen LogP contribution is -2.38. The molecule has 1 rings (SSSR count). The van der Waals surface area contributed by atoms with Gasteiger partial charge in [-0.25, -0.2) is 4.39 Å². The molecule has 0 fully saturated rings. The van der Waals surface area contributed by atoms with Crippen LogP contribution in [0.3, 0.4) is 0 Å². The molecule has 0 heterocycles. The Hall–Kier alpha value is -2.11. The first-order chi connectivity index (χ1) is 8.95. The number of carboxylic acids is 1. The zero-order valence-corrected chi connectivity index (χ0v) is 10.8. The first kappa shape index (κ1) is 14.9. The summed E-state index contributed by atoms with van der Waals surface area (Å²) in [6.45, 7) is 1.37. The molecule has 1 aromatic rings. The maximum atomic E-state index is 13.8. The maximum absolute atomic E-state index is 13.8. The van der Waals surface area contributed by atoms with E-state index in [1.807, 2.05) is 0 Å². The van der Waals surface area contributed by atoms with Gasteiger partial charge in [-0.2, -0.15) is 0 Å². The number of carbonyl (C=O) groups is 2. The maximum Gasteiger partial charge on any atom is 0.325 e. The number of aliphatic carboxylic acids is 1. The Morgan fingerprint density at radius 2 is 2.16 bits per heavy atom. The largest absolute Gasteiger partial charge is 0.494 e. The molecule has 5 nitrogen and oxygen atoms in total. The molecular formula is C13H16FNO4. The van der Waals surface area contributed by atoms with Gasteiger partial charge < -0.3 is 15.2 Å². The van der Waals surface area contributed by atoms with Gasteiger partial charge in [0.1, 0.15) is 6.04 Å². The quantitative estimate of drug-likeness (QED) is 0.817. The fourth-order valence-electron chi connectivity index (χ4n) is 1.53. The van der Waals surface area contributed by atoms with Crippen LogP contribution in [0.2, 0.25) is 0 Å². The molecule has 0 saturated carbocycles. The highest BCUT2D eigenvalue weighted by Gasteiger charge is 2.15. The van der Waals surface area contributed by atoms with Crippen molar-refractivity contribution < 1.29 is 23.8 Å². The lowest BCUT2D eigenvalue weighted by atomic mass is 10.1. The van der Waals surface area contributed by atoms with Gasteiger partial charge in [0.15, 0.2) is 11.6 Å². The van der Waals surface area contributed by atoms with Crippen molar-refractivity contribution >= 4 is 11.9 Å². The number of aryl methyl sites for hydroxylation is 1. The van der Waals surface area contributed by atoms with E-state index in [4.69, 9.17) is 9.84 Å². The molecule has 0 aromatic heterocycles. The topological polar surface area (TPSA) is 75.6 Å². The first-order valence-corrected chi connectivity index (χ1v) is 5.79. The molecular weight excluding hydrogens is 253 g/mol. The molecule has 2 N–H and O–H groups in total. The van der Waals surface area contributed by atoms with Crippen molar-refractivity contribution in [3.63, 3.8) is 0 Å². The molecule has 0 unspecified atom stereocenters. The monoisotopic (exact) mass is 269 g/mol. The second-order valence-electron chi connectivity index (χ2n) is 4.06. The summed E-state index contributed by atoms with van der Waals surface area (Å²) in [6, 6.07) is 3.73. The highest BCUT2D eigenvalue weighted by molar-refractivity contribution is 5.83. The Kier molecular flexibility index (Phi) is 5.29. The number of halogens is 1. The molecule has 0 aliphatic carbocycles. The fraction of sp³-hybridized carbons (Fsp3) is 0.385. The predicted octanol–water partition coefficient (Wildman–Crippen LogP) is 1.36. The van der Waals surface area contributed by atoms with Crippen molar-refractivity contribution in [2.75, 3.05) is 7.11 Å². The Morgan fingerprint density at radius 1 is 1.47 bits per heavy atom. The summed E-state index contributed by atoms with van der Waals surface area (Å²) in [5.74, 6) is -1.92. The summed E-state index contributed by atoms with van der Waals surface area (Å²) in [4.78, 5) is 22.0. The van der Waals surface area contributed by atoms with Crippen LogP contribution in [0.4, 0.5) is 4.39 Å². The fourth-order valence-corrected chi connectivity index (χ4v) is 1.53. The van der Waals surface area contributed by atoms with E-state index in [9.17, 15) is 14.0 Å². The third kappa shape index (κ3) is 4.24. The lowest BCUT2D eigenvalue weighted by Gasteiger charge is -2.10. The minimum absolute atomic E-state index is 0.0156. The zero-order valence-electron chi connectivity index (χ0n) is 10.8. The number of methoxy groups -OCH3 is 1. The highest BCUT2D eigenvalue weighted by Crippen LogP contribution is 2.20. The van der Waals surface area contributed by atoms with Gasteiger partial charge in [0.05, 0.1) is 7.11 Å². The van der Waals surface area contributed by atoms with Crippen molar-refractivity contribution in [3.05, 3.63) is 29.6 Å². The van der Waals surface area contributed by atoms with Crippen molar-refractivity contribution in [1.29, 1.82) is 0 Å². The average molecular weight is 269 g/mol.